The van der Waals surface area contributed by atoms with Gasteiger partial charge in [-0.25, -0.2) is 0 Å². The Hall–Kier alpha value is -1.22. The third-order valence-electron chi connectivity index (χ3n) is 4.15. The highest BCUT2D eigenvalue weighted by atomic mass is 16.1. The van der Waals surface area contributed by atoms with Crippen LogP contribution in [0.3, 0.4) is 0 Å². The van der Waals surface area contributed by atoms with E-state index < -0.39 is 0 Å². The summed E-state index contributed by atoms with van der Waals surface area (Å²) in [7, 11) is 0. The second-order valence-corrected chi connectivity index (χ2v) is 5.30. The Balaban J connectivity index is 1.59. The minimum absolute atomic E-state index is 0.170. The Bertz CT molecular complexity index is 324. The van der Waals surface area contributed by atoms with E-state index in [1.165, 1.54) is 25.7 Å². The lowest BCUT2D eigenvalue weighted by Gasteiger charge is -2.20. The Morgan fingerprint density at radius 2 is 2.29 bits per heavy atom. The monoisotopic (exact) mass is 236 g/mol. The standard InChI is InChI=1S/C12H20N4O/c13-16-15-5-1-4-14-12(17)8-11-7-9-2-3-10(11)6-9/h9-11H,1-8H2,(H,14,17). The average molecular weight is 236 g/mol. The molecular formula is C12H20N4O. The number of carbonyl (C=O) groups is 1. The van der Waals surface area contributed by atoms with Crippen LogP contribution in [0, 0.1) is 17.8 Å². The van der Waals surface area contributed by atoms with E-state index in [4.69, 9.17) is 5.53 Å². The highest BCUT2D eigenvalue weighted by Crippen LogP contribution is 2.49. The summed E-state index contributed by atoms with van der Waals surface area (Å²) in [6.45, 7) is 1.09. The van der Waals surface area contributed by atoms with E-state index in [1.807, 2.05) is 0 Å². The maximum absolute atomic E-state index is 11.7. The largest absolute Gasteiger partial charge is 0.356 e. The van der Waals surface area contributed by atoms with Crippen molar-refractivity contribution in [2.45, 2.75) is 38.5 Å². The molecule has 2 aliphatic carbocycles. The molecule has 0 radical (unpaired) electrons. The van der Waals surface area contributed by atoms with E-state index in [0.29, 0.717) is 25.4 Å². The fourth-order valence-electron chi connectivity index (χ4n) is 3.36. The SMILES string of the molecule is [N-]=[N+]=NCCCNC(=O)CC1CC2CCC1C2. The maximum atomic E-state index is 11.7. The van der Waals surface area contributed by atoms with Gasteiger partial charge in [-0.05, 0) is 49.0 Å². The first-order valence-corrected chi connectivity index (χ1v) is 6.57. The normalized spacial score (nSPS) is 30.0. The van der Waals surface area contributed by atoms with E-state index in [1.54, 1.807) is 0 Å². The summed E-state index contributed by atoms with van der Waals surface area (Å²) in [6.07, 6.45) is 6.76. The number of hydrogen-bond acceptors (Lipinski definition) is 2. The van der Waals surface area contributed by atoms with Gasteiger partial charge in [0.1, 0.15) is 0 Å². The molecule has 3 atom stereocenters. The van der Waals surface area contributed by atoms with Gasteiger partial charge in [0.25, 0.3) is 0 Å². The molecule has 0 aromatic heterocycles. The van der Waals surface area contributed by atoms with Crippen molar-refractivity contribution in [2.75, 3.05) is 13.1 Å². The Morgan fingerprint density at radius 3 is 2.94 bits per heavy atom. The summed E-state index contributed by atoms with van der Waals surface area (Å²) in [5, 5.41) is 6.34. The van der Waals surface area contributed by atoms with E-state index in [0.717, 1.165) is 18.3 Å². The maximum Gasteiger partial charge on any atom is 0.220 e. The summed E-state index contributed by atoms with van der Waals surface area (Å²) < 4.78 is 0. The average Bonchev–Trinajstić information content (AvgIpc) is 2.90. The van der Waals surface area contributed by atoms with Crippen LogP contribution in [0.2, 0.25) is 0 Å². The molecular weight excluding hydrogens is 216 g/mol. The molecule has 3 unspecified atom stereocenters. The number of amides is 1. The molecule has 2 fully saturated rings. The smallest absolute Gasteiger partial charge is 0.220 e. The minimum Gasteiger partial charge on any atom is -0.356 e. The van der Waals surface area contributed by atoms with Gasteiger partial charge in [-0.15, -0.1) is 0 Å². The molecule has 0 heterocycles. The van der Waals surface area contributed by atoms with Gasteiger partial charge in [-0.3, -0.25) is 4.79 Å². The van der Waals surface area contributed by atoms with Crippen LogP contribution < -0.4 is 5.32 Å². The first-order valence-electron chi connectivity index (χ1n) is 6.57. The molecule has 2 bridgehead atoms. The van der Waals surface area contributed by atoms with Crippen LogP contribution in [-0.4, -0.2) is 19.0 Å². The lowest BCUT2D eigenvalue weighted by Crippen LogP contribution is -2.28. The van der Waals surface area contributed by atoms with Gasteiger partial charge in [-0.2, -0.15) is 0 Å². The lowest BCUT2D eigenvalue weighted by atomic mass is 9.86. The quantitative estimate of drug-likeness (QED) is 0.327. The van der Waals surface area contributed by atoms with Gasteiger partial charge >= 0.3 is 0 Å². The summed E-state index contributed by atoms with van der Waals surface area (Å²) in [5.74, 6) is 2.52. The third-order valence-corrected chi connectivity index (χ3v) is 4.15. The summed E-state index contributed by atoms with van der Waals surface area (Å²) >= 11 is 0. The molecule has 0 aromatic carbocycles. The highest BCUT2D eigenvalue weighted by Gasteiger charge is 2.39. The second-order valence-electron chi connectivity index (χ2n) is 5.30. The van der Waals surface area contributed by atoms with Crippen LogP contribution in [0.25, 0.3) is 10.4 Å². The van der Waals surface area contributed by atoms with Crippen molar-refractivity contribution >= 4 is 5.91 Å². The molecule has 5 nitrogen and oxygen atoms in total. The molecule has 5 heteroatoms. The zero-order valence-corrected chi connectivity index (χ0v) is 10.1. The van der Waals surface area contributed by atoms with Crippen LogP contribution in [-0.2, 0) is 4.79 Å². The minimum atomic E-state index is 0.170. The third kappa shape index (κ3) is 3.37. The lowest BCUT2D eigenvalue weighted by molar-refractivity contribution is -0.122. The van der Waals surface area contributed by atoms with Crippen LogP contribution in [0.4, 0.5) is 0 Å². The zero-order valence-electron chi connectivity index (χ0n) is 10.1. The fraction of sp³-hybridized carbons (Fsp3) is 0.917. The van der Waals surface area contributed by atoms with Crippen LogP contribution in [0.1, 0.15) is 38.5 Å². The van der Waals surface area contributed by atoms with Gasteiger partial charge in [0, 0.05) is 24.4 Å². The van der Waals surface area contributed by atoms with Gasteiger partial charge in [0.2, 0.25) is 5.91 Å². The number of azide groups is 1. The Kier molecular flexibility index (Phi) is 4.26. The van der Waals surface area contributed by atoms with Gasteiger partial charge in [-0.1, -0.05) is 11.5 Å². The molecule has 0 spiro atoms. The second kappa shape index (κ2) is 5.92. The predicted octanol–water partition coefficient (Wildman–Crippen LogP) is 2.63. The van der Waals surface area contributed by atoms with Crippen molar-refractivity contribution in [3.05, 3.63) is 10.4 Å². The van der Waals surface area contributed by atoms with Gasteiger partial charge in [0.15, 0.2) is 0 Å². The molecule has 1 N–H and O–H groups in total. The fourth-order valence-corrected chi connectivity index (χ4v) is 3.36. The molecule has 0 aromatic rings. The van der Waals surface area contributed by atoms with Crippen molar-refractivity contribution in [1.29, 1.82) is 0 Å². The summed E-state index contributed by atoms with van der Waals surface area (Å²) in [6, 6.07) is 0. The van der Waals surface area contributed by atoms with Crippen molar-refractivity contribution < 1.29 is 4.79 Å². The molecule has 2 saturated carbocycles. The summed E-state index contributed by atoms with van der Waals surface area (Å²) in [4.78, 5) is 14.4. The van der Waals surface area contributed by atoms with E-state index in [9.17, 15) is 4.79 Å². The zero-order chi connectivity index (χ0) is 12.1. The Morgan fingerprint density at radius 1 is 1.41 bits per heavy atom. The molecule has 0 aliphatic heterocycles. The number of fused-ring (bicyclic) bond motifs is 2. The van der Waals surface area contributed by atoms with Crippen LogP contribution in [0.15, 0.2) is 5.11 Å². The van der Waals surface area contributed by atoms with Crippen LogP contribution in [0.5, 0.6) is 0 Å². The van der Waals surface area contributed by atoms with E-state index in [2.05, 4.69) is 15.3 Å². The summed E-state index contributed by atoms with van der Waals surface area (Å²) in [5.41, 5.74) is 8.10. The van der Waals surface area contributed by atoms with Gasteiger partial charge in [0.05, 0.1) is 0 Å². The number of nitrogens with zero attached hydrogens (tertiary/aromatic N) is 3. The molecule has 17 heavy (non-hydrogen) atoms. The van der Waals surface area contributed by atoms with Crippen LogP contribution >= 0.6 is 0 Å². The number of carbonyl (C=O) groups excluding carboxylic acids is 1. The first kappa shape index (κ1) is 12.2. The highest BCUT2D eigenvalue weighted by molar-refractivity contribution is 5.76. The Labute approximate surface area is 102 Å². The van der Waals surface area contributed by atoms with Crippen molar-refractivity contribution in [3.63, 3.8) is 0 Å². The first-order chi connectivity index (χ1) is 8.29. The molecule has 2 aliphatic rings. The number of rotatable bonds is 6. The van der Waals surface area contributed by atoms with Crippen molar-refractivity contribution in [2.24, 2.45) is 22.9 Å². The topological polar surface area (TPSA) is 77.9 Å². The number of hydrogen-bond donors (Lipinski definition) is 1. The molecule has 0 saturated heterocycles. The van der Waals surface area contributed by atoms with Crippen molar-refractivity contribution in [1.82, 2.24) is 5.32 Å². The van der Waals surface area contributed by atoms with Crippen molar-refractivity contribution in [3.8, 4) is 0 Å². The predicted molar refractivity (Wildman–Crippen MR) is 65.2 cm³/mol. The molecule has 2 rings (SSSR count). The van der Waals surface area contributed by atoms with E-state index >= 15 is 0 Å². The molecule has 94 valence electrons. The van der Waals surface area contributed by atoms with Gasteiger partial charge < -0.3 is 5.32 Å². The number of nitrogens with one attached hydrogen (secondary N) is 1. The molecule has 1 amide bonds. The van der Waals surface area contributed by atoms with E-state index in [-0.39, 0.29) is 5.91 Å².